The zero-order valence-electron chi connectivity index (χ0n) is 42.9. The highest BCUT2D eigenvalue weighted by Gasteiger charge is 2.40. The topological polar surface area (TPSA) is 287 Å². The molecule has 0 aromatic carbocycles. The molecule has 384 valence electrons. The fourth-order valence-electron chi connectivity index (χ4n) is 8.55. The Hall–Kier alpha value is -3.21. The summed E-state index contributed by atoms with van der Waals surface area (Å²) < 4.78 is 26.8. The molecule has 3 aromatic rings. The quantitative estimate of drug-likeness (QED) is 0.0261. The molecule has 20 nitrogen and oxygen atoms in total. The van der Waals surface area contributed by atoms with Crippen molar-refractivity contribution in [3.63, 3.8) is 0 Å². The van der Waals surface area contributed by atoms with Gasteiger partial charge in [-0.05, 0) is 157 Å². The van der Waals surface area contributed by atoms with Crippen molar-refractivity contribution in [1.82, 2.24) is 29.9 Å². The van der Waals surface area contributed by atoms with E-state index < -0.39 is 50.4 Å². The lowest BCUT2D eigenvalue weighted by molar-refractivity contribution is 0.385. The van der Waals surface area contributed by atoms with Gasteiger partial charge in [0, 0.05) is 51.0 Å². The number of nitrogens with two attached hydrogens (primary N) is 2. The van der Waals surface area contributed by atoms with Crippen LogP contribution >= 0.6 is 15.9 Å². The minimum atomic E-state index is -2.33. The van der Waals surface area contributed by atoms with Gasteiger partial charge in [0.25, 0.3) is 16.7 Å². The SMILES string of the molecule is C[Si](C)(CCCN)O[Si](C)(C)O[Si](C)(C)CCCN.C[Si](C)(CCCNc1nc2c(c(=O)[nH]1)CC=N2)O[Si](C)(C)O[Si](C)(C)CCCNc1nc2c(c(=O)[nH]1)CC=N2.O=c1[nH]c(Br)nc2c1CC=N2. The number of rotatable bonds is 24. The molecule has 0 saturated heterocycles. The van der Waals surface area contributed by atoms with E-state index in [0.29, 0.717) is 83.1 Å². The van der Waals surface area contributed by atoms with E-state index in [-0.39, 0.29) is 16.7 Å². The second kappa shape index (κ2) is 25.4. The number of nitrogens with zero attached hydrogens (tertiary/aromatic N) is 6. The predicted molar refractivity (Wildman–Crippen MR) is 300 cm³/mol. The number of aromatic amines is 3. The lowest BCUT2D eigenvalue weighted by Gasteiger charge is -2.39. The summed E-state index contributed by atoms with van der Waals surface area (Å²) in [4.78, 5) is 68.6. The normalized spacial score (nSPS) is 14.2. The molecule has 0 unspecified atom stereocenters. The number of nitrogens with one attached hydrogen (secondary N) is 5. The zero-order valence-corrected chi connectivity index (χ0v) is 50.5. The van der Waals surface area contributed by atoms with E-state index in [0.717, 1.165) is 62.9 Å². The monoisotopic (exact) mass is 1120 g/mol. The molecule has 0 radical (unpaired) electrons. The van der Waals surface area contributed by atoms with Gasteiger partial charge < -0.3 is 43.5 Å². The number of anilines is 2. The maximum Gasteiger partial charge on any atom is 0.311 e. The van der Waals surface area contributed by atoms with Crippen LogP contribution in [0.2, 0.25) is 103 Å². The third-order valence-electron chi connectivity index (χ3n) is 11.0. The summed E-state index contributed by atoms with van der Waals surface area (Å²) in [5, 5.41) is 6.44. The molecular weight excluding hydrogens is 1050 g/mol. The molecule has 0 bridgehead atoms. The highest BCUT2D eigenvalue weighted by Crippen LogP contribution is 2.28. The van der Waals surface area contributed by atoms with Gasteiger partial charge in [-0.3, -0.25) is 24.4 Å². The number of aliphatic imine (C=N–C) groups is 3. The number of fused-ring (bicyclic) bond motifs is 3. The van der Waals surface area contributed by atoms with E-state index in [1.165, 1.54) is 0 Å². The molecule has 0 amide bonds. The Balaban J connectivity index is 0.000000283. The van der Waals surface area contributed by atoms with Crippen molar-refractivity contribution in [2.45, 2.75) is 148 Å². The maximum atomic E-state index is 12.1. The summed E-state index contributed by atoms with van der Waals surface area (Å²) in [6, 6.07) is 4.17. The van der Waals surface area contributed by atoms with Gasteiger partial charge in [-0.1, -0.05) is 0 Å². The zero-order chi connectivity index (χ0) is 51.3. The summed E-state index contributed by atoms with van der Waals surface area (Å²) in [5.74, 6) is 2.48. The average molecular weight is 1130 g/mol. The van der Waals surface area contributed by atoms with E-state index in [4.69, 9.17) is 27.9 Å². The first-order chi connectivity index (χ1) is 32.1. The van der Waals surface area contributed by atoms with Crippen LogP contribution in [-0.2, 0) is 35.7 Å². The Morgan fingerprint density at radius 1 is 0.507 bits per heavy atom. The summed E-state index contributed by atoms with van der Waals surface area (Å²) in [5.41, 5.74) is 12.7. The molecule has 3 aliphatic rings. The first-order valence-corrected chi connectivity index (χ1v) is 42.8. The lowest BCUT2D eigenvalue weighted by Crippen LogP contribution is -2.52. The van der Waals surface area contributed by atoms with Crippen molar-refractivity contribution in [1.29, 1.82) is 0 Å². The van der Waals surface area contributed by atoms with Crippen LogP contribution in [0.5, 0.6) is 0 Å². The smallest absolute Gasteiger partial charge is 0.311 e. The molecule has 6 heterocycles. The molecule has 0 spiro atoms. The molecule has 0 saturated carbocycles. The van der Waals surface area contributed by atoms with Gasteiger partial charge in [0.1, 0.15) is 0 Å². The third kappa shape index (κ3) is 20.1. The molecule has 0 aliphatic carbocycles. The molecule has 69 heavy (non-hydrogen) atoms. The molecule has 9 N–H and O–H groups in total. The first-order valence-electron chi connectivity index (χ1n) is 23.9. The Bertz CT molecular complexity index is 2340. The first kappa shape index (κ1) is 58.4. The number of H-pyrrole nitrogens is 3. The number of hydrogen-bond acceptors (Lipinski definition) is 17. The lowest BCUT2D eigenvalue weighted by atomic mass is 10.3. The van der Waals surface area contributed by atoms with E-state index in [2.05, 4.69) is 150 Å². The van der Waals surface area contributed by atoms with Crippen molar-refractivity contribution in [3.8, 4) is 0 Å². The van der Waals surface area contributed by atoms with Crippen molar-refractivity contribution < 1.29 is 16.5 Å². The van der Waals surface area contributed by atoms with Crippen LogP contribution in [0.25, 0.3) is 0 Å². The van der Waals surface area contributed by atoms with Crippen molar-refractivity contribution in [3.05, 3.63) is 52.5 Å². The molecule has 0 fully saturated rings. The van der Waals surface area contributed by atoms with E-state index in [1.807, 2.05) is 0 Å². The second-order valence-corrected chi connectivity index (χ2v) is 46.4. The van der Waals surface area contributed by atoms with Crippen LogP contribution in [0.4, 0.5) is 29.4 Å². The fraction of sp³-hybridized carbons (Fsp3) is 0.643. The van der Waals surface area contributed by atoms with Gasteiger partial charge in [-0.25, -0.2) is 20.0 Å². The molecule has 0 atom stereocenters. The van der Waals surface area contributed by atoms with Gasteiger partial charge in [0.2, 0.25) is 11.9 Å². The number of hydrogen-bond donors (Lipinski definition) is 7. The highest BCUT2D eigenvalue weighted by atomic mass is 79.9. The standard InChI is InChI=1S/C24H40N8O4Si3.C12H34N2O2Si3.C6H4BrN3O/c1-37(2,15-7-11-27-23-29-19-17(9-13-25-19)21(33)31-23)35-39(5,6)36-38(3,4)16-8-12-28-24-30-20-18(10-14-26-20)22(34)32-24;1-17(2,11-7-9-13)15-19(5,6)16-18(3,4)12-8-10-14;7-6-9-4-3(1-2-8-4)5(11)10-6/h13-14H,7-12,15-16H2,1-6H3,(H2,27,29,31,33)(H2,28,30,32,34);7-14H2,1-6H3;2H,1H2,(H,9,10,11). The van der Waals surface area contributed by atoms with E-state index >= 15 is 0 Å². The van der Waals surface area contributed by atoms with Crippen molar-refractivity contribution in [2.75, 3.05) is 36.8 Å². The van der Waals surface area contributed by atoms with Crippen LogP contribution in [0.1, 0.15) is 42.4 Å². The Kier molecular flexibility index (Phi) is 21.5. The summed E-state index contributed by atoms with van der Waals surface area (Å²) in [7, 11) is -11.6. The number of halogens is 1. The molecule has 3 aromatic heterocycles. The van der Waals surface area contributed by atoms with Crippen LogP contribution in [0.15, 0.2) is 34.1 Å². The van der Waals surface area contributed by atoms with Crippen molar-refractivity contribution >= 4 is 114 Å². The molecular formula is C42H78BrN13O7Si6. The van der Waals surface area contributed by atoms with Crippen LogP contribution in [-0.4, -0.2) is 125 Å². The van der Waals surface area contributed by atoms with Crippen molar-refractivity contribution in [2.24, 2.45) is 26.4 Å². The third-order valence-corrected chi connectivity index (χ3v) is 34.3. The van der Waals surface area contributed by atoms with Gasteiger partial charge >= 0.3 is 17.1 Å². The van der Waals surface area contributed by atoms with Gasteiger partial charge in [0.05, 0.1) is 16.7 Å². The largest absolute Gasteiger partial charge is 0.437 e. The average Bonchev–Trinajstić information content (AvgIpc) is 4.01. The van der Waals surface area contributed by atoms with Gasteiger partial charge in [-0.2, -0.15) is 9.97 Å². The fourth-order valence-corrected chi connectivity index (χ4v) is 37.1. The minimum Gasteiger partial charge on any atom is -0.437 e. The maximum absolute atomic E-state index is 12.1. The second-order valence-electron chi connectivity index (χ2n) is 20.7. The highest BCUT2D eigenvalue weighted by molar-refractivity contribution is 9.10. The number of aromatic nitrogens is 6. The van der Waals surface area contributed by atoms with Crippen LogP contribution < -0.4 is 38.8 Å². The molecule has 6 rings (SSSR count). The minimum absolute atomic E-state index is 0.112. The summed E-state index contributed by atoms with van der Waals surface area (Å²) >= 11 is 3.08. The van der Waals surface area contributed by atoms with Crippen LogP contribution in [0.3, 0.4) is 0 Å². The summed E-state index contributed by atoms with van der Waals surface area (Å²) in [6.45, 7) is 29.6. The predicted octanol–water partition coefficient (Wildman–Crippen LogP) is 7.44. The summed E-state index contributed by atoms with van der Waals surface area (Å²) in [6.07, 6.45) is 10.7. The van der Waals surface area contributed by atoms with Crippen LogP contribution in [0, 0.1) is 0 Å². The Labute approximate surface area is 421 Å². The van der Waals surface area contributed by atoms with E-state index in [1.54, 1.807) is 18.6 Å². The Morgan fingerprint density at radius 3 is 1.14 bits per heavy atom. The van der Waals surface area contributed by atoms with E-state index in [9.17, 15) is 14.4 Å². The molecule has 27 heteroatoms. The van der Waals surface area contributed by atoms with Gasteiger partial charge in [0.15, 0.2) is 55.5 Å². The van der Waals surface area contributed by atoms with Gasteiger partial charge in [-0.15, -0.1) is 0 Å². The molecule has 3 aliphatic heterocycles. The Morgan fingerprint density at radius 2 is 0.812 bits per heavy atom.